The zero-order chi connectivity index (χ0) is 18.4. The molecule has 0 saturated carbocycles. The van der Waals surface area contributed by atoms with Crippen LogP contribution in [0.15, 0.2) is 54.6 Å². The number of para-hydroxylation sites is 1. The lowest BCUT2D eigenvalue weighted by Gasteiger charge is -2.38. The average Bonchev–Trinajstić information content (AvgIpc) is 3.38. The van der Waals surface area contributed by atoms with E-state index in [0.717, 1.165) is 43.6 Å². The topological polar surface area (TPSA) is 32.3 Å². The van der Waals surface area contributed by atoms with Crippen molar-refractivity contribution in [3.63, 3.8) is 0 Å². The van der Waals surface area contributed by atoms with Gasteiger partial charge in [0.2, 0.25) is 0 Å². The molecule has 0 aromatic heterocycles. The molecule has 5 rings (SSSR count). The van der Waals surface area contributed by atoms with Gasteiger partial charge in [-0.3, -0.25) is 4.79 Å². The van der Waals surface area contributed by atoms with E-state index in [4.69, 9.17) is 0 Å². The zero-order valence-electron chi connectivity index (χ0n) is 15.8. The Balaban J connectivity index is 1.58. The molecule has 2 aromatic carbocycles. The molecule has 3 aliphatic rings. The lowest BCUT2D eigenvalue weighted by atomic mass is 9.76. The molecule has 138 valence electrons. The summed E-state index contributed by atoms with van der Waals surface area (Å²) in [5, 5.41) is 3.80. The quantitative estimate of drug-likeness (QED) is 0.761. The molecule has 3 heteroatoms. The minimum atomic E-state index is 0.181. The van der Waals surface area contributed by atoms with Crippen molar-refractivity contribution < 1.29 is 4.79 Å². The van der Waals surface area contributed by atoms with E-state index in [2.05, 4.69) is 60.8 Å². The van der Waals surface area contributed by atoms with Crippen LogP contribution < -0.4 is 5.32 Å². The summed E-state index contributed by atoms with van der Waals surface area (Å²) >= 11 is 0. The Morgan fingerprint density at radius 3 is 2.74 bits per heavy atom. The first-order valence-electron chi connectivity index (χ1n) is 10.1. The predicted molar refractivity (Wildman–Crippen MR) is 109 cm³/mol. The Morgan fingerprint density at radius 2 is 1.93 bits per heavy atom. The number of nitrogens with one attached hydrogen (secondary N) is 1. The maximum atomic E-state index is 13.2. The van der Waals surface area contributed by atoms with Gasteiger partial charge in [-0.1, -0.05) is 54.1 Å². The number of allylic oxidation sites excluding steroid dienone is 2. The average molecular weight is 358 g/mol. The number of anilines is 1. The van der Waals surface area contributed by atoms with Crippen LogP contribution in [0.2, 0.25) is 0 Å². The second-order valence-corrected chi connectivity index (χ2v) is 8.16. The smallest absolute Gasteiger partial charge is 0.255 e. The number of carbonyl (C=O) groups is 1. The molecular weight excluding hydrogens is 332 g/mol. The molecule has 0 radical (unpaired) electrons. The Hall–Kier alpha value is -2.55. The molecule has 1 aliphatic carbocycles. The van der Waals surface area contributed by atoms with Gasteiger partial charge in [-0.15, -0.1) is 0 Å². The van der Waals surface area contributed by atoms with Gasteiger partial charge < -0.3 is 10.2 Å². The summed E-state index contributed by atoms with van der Waals surface area (Å²) in [6, 6.07) is 15.3. The van der Waals surface area contributed by atoms with E-state index in [1.165, 1.54) is 16.7 Å². The fraction of sp³-hybridized carbons (Fsp3) is 0.375. The predicted octanol–water partition coefficient (Wildman–Crippen LogP) is 5.06. The van der Waals surface area contributed by atoms with Gasteiger partial charge in [0, 0.05) is 19.0 Å². The van der Waals surface area contributed by atoms with Crippen LogP contribution in [0.4, 0.5) is 5.69 Å². The third kappa shape index (κ3) is 2.77. The lowest BCUT2D eigenvalue weighted by molar-refractivity contribution is 0.0793. The van der Waals surface area contributed by atoms with Gasteiger partial charge in [-0.05, 0) is 49.3 Å². The highest BCUT2D eigenvalue weighted by molar-refractivity contribution is 6.01. The third-order valence-corrected chi connectivity index (χ3v) is 6.42. The summed E-state index contributed by atoms with van der Waals surface area (Å²) in [6.45, 7) is 3.92. The minimum Gasteiger partial charge on any atom is -0.377 e. The van der Waals surface area contributed by atoms with Crippen LogP contribution in [0.5, 0.6) is 0 Å². The molecule has 1 amide bonds. The minimum absolute atomic E-state index is 0.181. The van der Waals surface area contributed by atoms with Crippen LogP contribution in [0.25, 0.3) is 0 Å². The van der Waals surface area contributed by atoms with Crippen molar-refractivity contribution in [2.75, 3.05) is 18.4 Å². The number of hydrogen-bond acceptors (Lipinski definition) is 2. The van der Waals surface area contributed by atoms with Gasteiger partial charge >= 0.3 is 0 Å². The van der Waals surface area contributed by atoms with Crippen LogP contribution in [0.1, 0.15) is 58.3 Å². The summed E-state index contributed by atoms with van der Waals surface area (Å²) in [4.78, 5) is 15.2. The summed E-state index contributed by atoms with van der Waals surface area (Å²) in [5.74, 6) is 1.08. The normalized spacial score (nSPS) is 25.8. The summed E-state index contributed by atoms with van der Waals surface area (Å²) < 4.78 is 0. The summed E-state index contributed by atoms with van der Waals surface area (Å²) in [6.07, 6.45) is 7.97. The fourth-order valence-corrected chi connectivity index (χ4v) is 5.08. The van der Waals surface area contributed by atoms with Gasteiger partial charge in [0.15, 0.2) is 0 Å². The zero-order valence-corrected chi connectivity index (χ0v) is 15.8. The monoisotopic (exact) mass is 358 g/mol. The van der Waals surface area contributed by atoms with Crippen LogP contribution in [0, 0.1) is 12.8 Å². The summed E-state index contributed by atoms with van der Waals surface area (Å²) in [5.41, 5.74) is 5.77. The number of hydrogen-bond donors (Lipinski definition) is 1. The van der Waals surface area contributed by atoms with Gasteiger partial charge in [0.25, 0.3) is 5.91 Å². The van der Waals surface area contributed by atoms with Crippen LogP contribution in [-0.4, -0.2) is 23.9 Å². The highest BCUT2D eigenvalue weighted by Crippen LogP contribution is 2.50. The Labute approximate surface area is 161 Å². The molecule has 3 atom stereocenters. The van der Waals surface area contributed by atoms with E-state index in [9.17, 15) is 4.79 Å². The van der Waals surface area contributed by atoms with Crippen molar-refractivity contribution >= 4 is 11.6 Å². The van der Waals surface area contributed by atoms with Crippen molar-refractivity contribution in [1.82, 2.24) is 4.90 Å². The first-order valence-corrected chi connectivity index (χ1v) is 10.1. The molecule has 1 saturated heterocycles. The molecule has 0 spiro atoms. The first-order chi connectivity index (χ1) is 13.2. The molecule has 2 heterocycles. The van der Waals surface area contributed by atoms with Gasteiger partial charge in [0.1, 0.15) is 0 Å². The molecular formula is C24H26N2O. The fourth-order valence-electron chi connectivity index (χ4n) is 5.08. The largest absolute Gasteiger partial charge is 0.377 e. The molecule has 3 unspecified atom stereocenters. The van der Waals surface area contributed by atoms with Crippen LogP contribution in [0.3, 0.4) is 0 Å². The number of aryl methyl sites for hydroxylation is 1. The van der Waals surface area contributed by atoms with E-state index in [1.54, 1.807) is 0 Å². The van der Waals surface area contributed by atoms with E-state index in [0.29, 0.717) is 11.8 Å². The van der Waals surface area contributed by atoms with Crippen molar-refractivity contribution in [2.24, 2.45) is 5.92 Å². The molecule has 27 heavy (non-hydrogen) atoms. The van der Waals surface area contributed by atoms with Gasteiger partial charge in [-0.2, -0.15) is 0 Å². The standard InChI is InChI=1S/C24H26N2O/c1-16-7-4-8-17(15-16)22-19-10-5-9-18(19)20-11-6-12-21(23(20)25-22)24(27)26-13-2-3-14-26/h4-9,11-12,15,18-19,22,25H,2-3,10,13-14H2,1H3. The van der Waals surface area contributed by atoms with Crippen molar-refractivity contribution in [3.05, 3.63) is 76.9 Å². The second kappa shape index (κ2) is 6.56. The van der Waals surface area contributed by atoms with Crippen LogP contribution in [-0.2, 0) is 0 Å². The number of rotatable bonds is 2. The number of amides is 1. The Bertz CT molecular complexity index is 910. The highest BCUT2D eigenvalue weighted by Gasteiger charge is 2.39. The number of benzene rings is 2. The lowest BCUT2D eigenvalue weighted by Crippen LogP contribution is -2.33. The van der Waals surface area contributed by atoms with Crippen molar-refractivity contribution in [1.29, 1.82) is 0 Å². The number of carbonyl (C=O) groups excluding carboxylic acids is 1. The first kappa shape index (κ1) is 16.6. The Morgan fingerprint density at radius 1 is 1.11 bits per heavy atom. The van der Waals surface area contributed by atoms with Crippen LogP contribution >= 0.6 is 0 Å². The molecule has 2 aromatic rings. The van der Waals surface area contributed by atoms with E-state index in [1.807, 2.05) is 11.0 Å². The maximum absolute atomic E-state index is 13.2. The number of fused-ring (bicyclic) bond motifs is 3. The third-order valence-electron chi connectivity index (χ3n) is 6.42. The van der Waals surface area contributed by atoms with E-state index < -0.39 is 0 Å². The number of nitrogens with zero attached hydrogens (tertiary/aromatic N) is 1. The van der Waals surface area contributed by atoms with E-state index in [-0.39, 0.29) is 11.9 Å². The highest BCUT2D eigenvalue weighted by atomic mass is 16.2. The van der Waals surface area contributed by atoms with Crippen molar-refractivity contribution in [2.45, 2.75) is 38.1 Å². The maximum Gasteiger partial charge on any atom is 0.255 e. The molecule has 1 fully saturated rings. The number of likely N-dealkylation sites (tertiary alicyclic amines) is 1. The Kier molecular flexibility index (Phi) is 4.04. The SMILES string of the molecule is Cc1cccc(C2Nc3c(C(=O)N4CCCC4)cccc3C3C=CCC32)c1. The molecule has 3 nitrogen and oxygen atoms in total. The summed E-state index contributed by atoms with van der Waals surface area (Å²) in [7, 11) is 0. The second-order valence-electron chi connectivity index (χ2n) is 8.16. The van der Waals surface area contributed by atoms with E-state index >= 15 is 0 Å². The molecule has 0 bridgehead atoms. The van der Waals surface area contributed by atoms with Gasteiger partial charge in [-0.25, -0.2) is 0 Å². The van der Waals surface area contributed by atoms with Crippen molar-refractivity contribution in [3.8, 4) is 0 Å². The molecule has 2 aliphatic heterocycles. The van der Waals surface area contributed by atoms with Gasteiger partial charge in [0.05, 0.1) is 17.3 Å². The molecule has 1 N–H and O–H groups in total.